The van der Waals surface area contributed by atoms with Crippen molar-refractivity contribution in [2.45, 2.75) is 0 Å². The van der Waals surface area contributed by atoms with Crippen molar-refractivity contribution < 1.29 is 14.3 Å². The molecule has 0 aliphatic carbocycles. The third-order valence-corrected chi connectivity index (χ3v) is 2.43. The molecule has 0 aliphatic rings. The van der Waals surface area contributed by atoms with Crippen LogP contribution in [0.25, 0.3) is 10.9 Å². The maximum Gasteiger partial charge on any atom is 0.352 e. The van der Waals surface area contributed by atoms with E-state index < -0.39 is 17.2 Å². The van der Waals surface area contributed by atoms with E-state index in [0.29, 0.717) is 0 Å². The molecule has 0 fully saturated rings. The second-order valence-corrected chi connectivity index (χ2v) is 3.54. The minimum atomic E-state index is -1.31. The van der Waals surface area contributed by atoms with Crippen LogP contribution in [-0.4, -0.2) is 16.1 Å². The second kappa shape index (κ2) is 3.61. The van der Waals surface area contributed by atoms with E-state index in [1.54, 1.807) is 0 Å². The first-order chi connectivity index (χ1) is 7.50. The monoisotopic (exact) mass is 241 g/mol. The molecule has 1 heterocycles. The van der Waals surface area contributed by atoms with Crippen molar-refractivity contribution in [2.24, 2.45) is 0 Å². The van der Waals surface area contributed by atoms with Gasteiger partial charge in [0.2, 0.25) is 0 Å². The average Bonchev–Trinajstić information content (AvgIpc) is 2.22. The van der Waals surface area contributed by atoms with Gasteiger partial charge in [-0.2, -0.15) is 0 Å². The Labute approximate surface area is 93.3 Å². The molecule has 0 amide bonds. The van der Waals surface area contributed by atoms with Crippen LogP contribution in [0.2, 0.25) is 5.02 Å². The van der Waals surface area contributed by atoms with Gasteiger partial charge in [0.1, 0.15) is 11.5 Å². The molecule has 2 aromatic rings. The number of hydrogen-bond donors (Lipinski definition) is 2. The van der Waals surface area contributed by atoms with Crippen LogP contribution in [0.4, 0.5) is 4.39 Å². The van der Waals surface area contributed by atoms with Crippen LogP contribution in [0, 0.1) is 5.82 Å². The third kappa shape index (κ3) is 1.55. The molecule has 0 unspecified atom stereocenters. The Bertz CT molecular complexity index is 650. The van der Waals surface area contributed by atoms with Crippen LogP contribution >= 0.6 is 11.6 Å². The van der Waals surface area contributed by atoms with Gasteiger partial charge in [-0.15, -0.1) is 0 Å². The number of benzene rings is 1. The molecule has 0 radical (unpaired) electrons. The van der Waals surface area contributed by atoms with Gasteiger partial charge in [0.15, 0.2) is 5.43 Å². The third-order valence-electron chi connectivity index (χ3n) is 2.12. The lowest BCUT2D eigenvalue weighted by molar-refractivity contribution is 0.0691. The number of hydrogen-bond acceptors (Lipinski definition) is 2. The van der Waals surface area contributed by atoms with Crippen molar-refractivity contribution in [3.05, 3.63) is 45.0 Å². The highest BCUT2D eigenvalue weighted by molar-refractivity contribution is 6.35. The highest BCUT2D eigenvalue weighted by Gasteiger charge is 2.13. The van der Waals surface area contributed by atoms with Gasteiger partial charge < -0.3 is 10.1 Å². The molecule has 0 aliphatic heterocycles. The van der Waals surface area contributed by atoms with Gasteiger partial charge >= 0.3 is 5.97 Å². The number of fused-ring (bicyclic) bond motifs is 1. The number of carbonyl (C=O) groups is 1. The Hall–Kier alpha value is -1.88. The predicted molar refractivity (Wildman–Crippen MR) is 56.5 cm³/mol. The van der Waals surface area contributed by atoms with E-state index in [4.69, 9.17) is 16.7 Å². The summed E-state index contributed by atoms with van der Waals surface area (Å²) in [6.07, 6.45) is 0. The number of rotatable bonds is 1. The van der Waals surface area contributed by atoms with Crippen molar-refractivity contribution in [1.82, 2.24) is 4.98 Å². The van der Waals surface area contributed by atoms with Crippen molar-refractivity contribution >= 4 is 28.5 Å². The first-order valence-corrected chi connectivity index (χ1v) is 4.63. The average molecular weight is 242 g/mol. The van der Waals surface area contributed by atoms with Gasteiger partial charge in [0, 0.05) is 6.07 Å². The van der Waals surface area contributed by atoms with Crippen LogP contribution in [0.1, 0.15) is 10.5 Å². The molecular formula is C10H5ClFNO3. The highest BCUT2D eigenvalue weighted by Crippen LogP contribution is 2.21. The summed E-state index contributed by atoms with van der Waals surface area (Å²) in [5, 5.41) is 8.58. The van der Waals surface area contributed by atoms with E-state index in [-0.39, 0.29) is 21.6 Å². The zero-order valence-corrected chi connectivity index (χ0v) is 8.51. The van der Waals surface area contributed by atoms with Crippen LogP contribution in [0.3, 0.4) is 0 Å². The topological polar surface area (TPSA) is 70.2 Å². The lowest BCUT2D eigenvalue weighted by Crippen LogP contribution is -2.11. The Balaban J connectivity index is 2.98. The number of pyridine rings is 1. The first-order valence-electron chi connectivity index (χ1n) is 4.25. The number of carboxylic acid groups (broad SMARTS) is 1. The van der Waals surface area contributed by atoms with E-state index >= 15 is 0 Å². The maximum absolute atomic E-state index is 13.3. The largest absolute Gasteiger partial charge is 0.477 e. The zero-order chi connectivity index (χ0) is 11.9. The molecule has 0 saturated heterocycles. The molecule has 0 atom stereocenters. The number of nitrogens with one attached hydrogen (secondary N) is 1. The van der Waals surface area contributed by atoms with E-state index in [0.717, 1.165) is 12.1 Å². The molecule has 1 aromatic carbocycles. The number of carboxylic acids is 1. The Kier molecular flexibility index (Phi) is 2.40. The summed E-state index contributed by atoms with van der Waals surface area (Å²) in [7, 11) is 0. The van der Waals surface area contributed by atoms with Gasteiger partial charge in [0.05, 0.1) is 15.9 Å². The van der Waals surface area contributed by atoms with Crippen LogP contribution in [0.5, 0.6) is 0 Å². The molecule has 4 nitrogen and oxygen atoms in total. The lowest BCUT2D eigenvalue weighted by Gasteiger charge is -2.03. The van der Waals surface area contributed by atoms with Gasteiger partial charge in [-0.25, -0.2) is 9.18 Å². The summed E-state index contributed by atoms with van der Waals surface area (Å²) in [5.74, 6) is -2.04. The zero-order valence-electron chi connectivity index (χ0n) is 7.75. The Morgan fingerprint density at radius 3 is 2.75 bits per heavy atom. The molecule has 1 aromatic heterocycles. The summed E-state index contributed by atoms with van der Waals surface area (Å²) in [5.41, 5.74) is -1.05. The molecule has 0 spiro atoms. The fourth-order valence-electron chi connectivity index (χ4n) is 1.40. The smallest absolute Gasteiger partial charge is 0.352 e. The number of H-pyrrole nitrogens is 1. The molecule has 6 heteroatoms. The van der Waals surface area contributed by atoms with Gasteiger partial charge in [-0.05, 0) is 12.1 Å². The van der Waals surface area contributed by atoms with Crippen molar-refractivity contribution in [2.75, 3.05) is 0 Å². The Morgan fingerprint density at radius 1 is 1.44 bits per heavy atom. The summed E-state index contributed by atoms with van der Waals surface area (Å²) in [6, 6.07) is 3.13. The second-order valence-electron chi connectivity index (χ2n) is 3.13. The minimum absolute atomic E-state index is 0.00781. The van der Waals surface area contributed by atoms with Gasteiger partial charge in [-0.1, -0.05) is 11.6 Å². The molecule has 2 N–H and O–H groups in total. The van der Waals surface area contributed by atoms with Crippen LogP contribution in [0.15, 0.2) is 23.0 Å². The van der Waals surface area contributed by atoms with E-state index in [2.05, 4.69) is 4.98 Å². The van der Waals surface area contributed by atoms with E-state index in [1.165, 1.54) is 6.07 Å². The molecule has 82 valence electrons. The number of aromatic carboxylic acids is 1. The summed E-state index contributed by atoms with van der Waals surface area (Å²) in [6.45, 7) is 0. The first kappa shape index (κ1) is 10.6. The fourth-order valence-corrected chi connectivity index (χ4v) is 1.61. The molecular weight excluding hydrogens is 237 g/mol. The van der Waals surface area contributed by atoms with Gasteiger partial charge in [-0.3, -0.25) is 4.79 Å². The summed E-state index contributed by atoms with van der Waals surface area (Å²) < 4.78 is 13.3. The highest BCUT2D eigenvalue weighted by atomic mass is 35.5. The minimum Gasteiger partial charge on any atom is -0.477 e. The normalized spacial score (nSPS) is 10.6. The predicted octanol–water partition coefficient (Wildman–Crippen LogP) is 2.02. The molecule has 16 heavy (non-hydrogen) atoms. The van der Waals surface area contributed by atoms with Gasteiger partial charge in [0.25, 0.3) is 0 Å². The number of aromatic amines is 1. The number of aromatic nitrogens is 1. The SMILES string of the molecule is O=C(O)c1cc(=O)c2c(F)ccc(Cl)c2[nH]1. The summed E-state index contributed by atoms with van der Waals surface area (Å²) in [4.78, 5) is 24.6. The molecule has 0 saturated carbocycles. The fraction of sp³-hybridized carbons (Fsp3) is 0. The van der Waals surface area contributed by atoms with Crippen LogP contribution < -0.4 is 5.43 Å². The van der Waals surface area contributed by atoms with Crippen molar-refractivity contribution in [3.63, 3.8) is 0 Å². The van der Waals surface area contributed by atoms with E-state index in [1.807, 2.05) is 0 Å². The maximum atomic E-state index is 13.3. The molecule has 0 bridgehead atoms. The summed E-state index contributed by atoms with van der Waals surface area (Å²) >= 11 is 5.75. The standard InChI is InChI=1S/C10H5ClFNO3/c11-4-1-2-5(12)8-7(14)3-6(10(15)16)13-9(4)8/h1-3H,(H,13,14)(H,15,16). The van der Waals surface area contributed by atoms with Crippen LogP contribution in [-0.2, 0) is 0 Å². The van der Waals surface area contributed by atoms with Crippen molar-refractivity contribution in [3.8, 4) is 0 Å². The van der Waals surface area contributed by atoms with E-state index in [9.17, 15) is 14.0 Å². The molecule has 2 rings (SSSR count). The Morgan fingerprint density at radius 2 is 2.12 bits per heavy atom. The number of halogens is 2. The lowest BCUT2D eigenvalue weighted by atomic mass is 10.2. The van der Waals surface area contributed by atoms with Crippen molar-refractivity contribution in [1.29, 1.82) is 0 Å². The quantitative estimate of drug-likeness (QED) is 0.802.